The van der Waals surface area contributed by atoms with E-state index in [0.29, 0.717) is 6.04 Å². The summed E-state index contributed by atoms with van der Waals surface area (Å²) in [6.45, 7) is 6.69. The Balaban J connectivity index is 2.14. The monoisotopic (exact) mass is 324 g/mol. The van der Waals surface area contributed by atoms with E-state index in [9.17, 15) is 0 Å². The third-order valence-corrected chi connectivity index (χ3v) is 4.98. The van der Waals surface area contributed by atoms with E-state index in [1.807, 2.05) is 25.1 Å². The van der Waals surface area contributed by atoms with Crippen LogP contribution in [0.3, 0.4) is 0 Å². The lowest BCUT2D eigenvalue weighted by molar-refractivity contribution is 0.221. The molecule has 1 aliphatic rings. The van der Waals surface area contributed by atoms with Crippen LogP contribution in [0.1, 0.15) is 57.3 Å². The largest absolute Gasteiger partial charge is 0.324 e. The molecule has 114 valence electrons. The van der Waals surface area contributed by atoms with Crippen molar-refractivity contribution in [3.05, 3.63) is 29.0 Å². The molecule has 1 aromatic heterocycles. The number of fused-ring (bicyclic) bond motifs is 1. The van der Waals surface area contributed by atoms with E-state index in [2.05, 4.69) is 18.4 Å². The summed E-state index contributed by atoms with van der Waals surface area (Å²) in [5.41, 5.74) is 2.11. The zero-order valence-electron chi connectivity index (χ0n) is 12.8. The summed E-state index contributed by atoms with van der Waals surface area (Å²) in [5, 5.41) is 0.665. The van der Waals surface area contributed by atoms with Gasteiger partial charge in [-0.1, -0.05) is 25.4 Å². The summed E-state index contributed by atoms with van der Waals surface area (Å²) >= 11 is 12.6. The first-order valence-electron chi connectivity index (χ1n) is 7.77. The Kier molecular flexibility index (Phi) is 4.20. The van der Waals surface area contributed by atoms with Crippen LogP contribution in [0.15, 0.2) is 18.2 Å². The van der Waals surface area contributed by atoms with E-state index in [-0.39, 0.29) is 5.38 Å². The van der Waals surface area contributed by atoms with Crippen LogP contribution in [0.25, 0.3) is 11.0 Å². The minimum absolute atomic E-state index is 0.0938. The lowest BCUT2D eigenvalue weighted by Gasteiger charge is -2.33. The quantitative estimate of drug-likeness (QED) is 0.620. The van der Waals surface area contributed by atoms with Crippen molar-refractivity contribution in [3.63, 3.8) is 0 Å². The second-order valence-corrected chi connectivity index (χ2v) is 7.75. The Hall–Kier alpha value is -0.730. The van der Waals surface area contributed by atoms with Crippen molar-refractivity contribution in [1.29, 1.82) is 0 Å². The molecular formula is C17H22Cl2N2. The first-order valence-corrected chi connectivity index (χ1v) is 8.58. The lowest BCUT2D eigenvalue weighted by Crippen LogP contribution is -2.24. The van der Waals surface area contributed by atoms with Gasteiger partial charge in [-0.15, -0.1) is 11.6 Å². The Morgan fingerprint density at radius 1 is 1.19 bits per heavy atom. The van der Waals surface area contributed by atoms with Crippen molar-refractivity contribution >= 4 is 34.2 Å². The number of hydrogen-bond donors (Lipinski definition) is 0. The van der Waals surface area contributed by atoms with Gasteiger partial charge in [0.05, 0.1) is 16.4 Å². The van der Waals surface area contributed by atoms with Crippen molar-refractivity contribution in [3.8, 4) is 0 Å². The molecule has 1 heterocycles. The summed E-state index contributed by atoms with van der Waals surface area (Å²) in [6.07, 6.45) is 3.70. The molecule has 0 spiro atoms. The van der Waals surface area contributed by atoms with Gasteiger partial charge >= 0.3 is 0 Å². The first kappa shape index (κ1) is 15.2. The van der Waals surface area contributed by atoms with Crippen LogP contribution in [-0.2, 0) is 0 Å². The standard InChI is InChI=1S/C17H22Cl2N2/c1-10-6-11(2)8-14(7-10)21-16-9-13(19)4-5-15(16)20-17(21)12(3)18/h4-5,9-12,14H,6-8H2,1-3H3. The summed E-state index contributed by atoms with van der Waals surface area (Å²) in [5.74, 6) is 2.46. The summed E-state index contributed by atoms with van der Waals surface area (Å²) in [6, 6.07) is 6.39. The highest BCUT2D eigenvalue weighted by molar-refractivity contribution is 6.31. The van der Waals surface area contributed by atoms with Gasteiger partial charge in [0.25, 0.3) is 0 Å². The predicted molar refractivity (Wildman–Crippen MR) is 90.2 cm³/mol. The van der Waals surface area contributed by atoms with Crippen LogP contribution in [-0.4, -0.2) is 9.55 Å². The SMILES string of the molecule is CC1CC(C)CC(n2c(C(C)Cl)nc3ccc(Cl)cc32)C1. The molecule has 1 saturated carbocycles. The molecule has 2 aromatic rings. The Morgan fingerprint density at radius 3 is 2.48 bits per heavy atom. The predicted octanol–water partition coefficient (Wildman–Crippen LogP) is 5.99. The fraction of sp³-hybridized carbons (Fsp3) is 0.588. The number of alkyl halides is 1. The van der Waals surface area contributed by atoms with Crippen LogP contribution in [0, 0.1) is 11.8 Å². The average Bonchev–Trinajstić information content (AvgIpc) is 2.76. The van der Waals surface area contributed by atoms with Crippen LogP contribution in [0.4, 0.5) is 0 Å². The maximum atomic E-state index is 6.40. The Labute approximate surface area is 136 Å². The van der Waals surface area contributed by atoms with E-state index < -0.39 is 0 Å². The Morgan fingerprint density at radius 2 is 1.86 bits per heavy atom. The van der Waals surface area contributed by atoms with Gasteiger partial charge in [0.2, 0.25) is 0 Å². The minimum atomic E-state index is -0.0938. The van der Waals surface area contributed by atoms with Gasteiger partial charge in [-0.05, 0) is 56.2 Å². The number of aromatic nitrogens is 2. The molecule has 3 rings (SSSR count). The second kappa shape index (κ2) is 5.81. The molecule has 3 atom stereocenters. The van der Waals surface area contributed by atoms with Crippen molar-refractivity contribution in [2.45, 2.75) is 51.5 Å². The van der Waals surface area contributed by atoms with Crippen LogP contribution < -0.4 is 0 Å². The number of hydrogen-bond acceptors (Lipinski definition) is 1. The van der Waals surface area contributed by atoms with E-state index in [1.165, 1.54) is 19.3 Å². The smallest absolute Gasteiger partial charge is 0.127 e. The molecule has 3 unspecified atom stereocenters. The molecule has 0 N–H and O–H groups in total. The molecule has 0 bridgehead atoms. The second-order valence-electron chi connectivity index (χ2n) is 6.66. The number of benzene rings is 1. The van der Waals surface area contributed by atoms with Gasteiger partial charge in [-0.3, -0.25) is 0 Å². The number of nitrogens with zero attached hydrogens (tertiary/aromatic N) is 2. The van der Waals surface area contributed by atoms with Gasteiger partial charge in [0.1, 0.15) is 5.82 Å². The molecule has 0 saturated heterocycles. The number of rotatable bonds is 2. The third-order valence-electron chi connectivity index (χ3n) is 4.55. The van der Waals surface area contributed by atoms with Crippen LogP contribution >= 0.6 is 23.2 Å². The Bertz CT molecular complexity index is 638. The molecule has 1 aromatic carbocycles. The van der Waals surface area contributed by atoms with Crippen LogP contribution in [0.2, 0.25) is 5.02 Å². The summed E-state index contributed by atoms with van der Waals surface area (Å²) < 4.78 is 2.35. The highest BCUT2D eigenvalue weighted by atomic mass is 35.5. The molecular weight excluding hydrogens is 303 g/mol. The molecule has 1 fully saturated rings. The third kappa shape index (κ3) is 2.93. The lowest BCUT2D eigenvalue weighted by atomic mass is 9.80. The molecule has 4 heteroatoms. The molecule has 0 amide bonds. The average molecular weight is 325 g/mol. The zero-order chi connectivity index (χ0) is 15.1. The van der Waals surface area contributed by atoms with E-state index in [0.717, 1.165) is 33.7 Å². The van der Waals surface area contributed by atoms with E-state index in [1.54, 1.807) is 0 Å². The fourth-order valence-electron chi connectivity index (χ4n) is 3.86. The molecule has 21 heavy (non-hydrogen) atoms. The molecule has 1 aliphatic carbocycles. The summed E-state index contributed by atoms with van der Waals surface area (Å²) in [7, 11) is 0. The van der Waals surface area contributed by atoms with Gasteiger partial charge in [0, 0.05) is 11.1 Å². The van der Waals surface area contributed by atoms with E-state index in [4.69, 9.17) is 28.2 Å². The van der Waals surface area contributed by atoms with Crippen molar-refractivity contribution in [2.75, 3.05) is 0 Å². The van der Waals surface area contributed by atoms with E-state index >= 15 is 0 Å². The maximum Gasteiger partial charge on any atom is 0.127 e. The highest BCUT2D eigenvalue weighted by Gasteiger charge is 2.29. The van der Waals surface area contributed by atoms with Gasteiger partial charge in [-0.25, -0.2) is 4.98 Å². The van der Waals surface area contributed by atoms with Crippen molar-refractivity contribution < 1.29 is 0 Å². The van der Waals surface area contributed by atoms with Crippen molar-refractivity contribution in [2.24, 2.45) is 11.8 Å². The van der Waals surface area contributed by atoms with Gasteiger partial charge in [-0.2, -0.15) is 0 Å². The zero-order valence-corrected chi connectivity index (χ0v) is 14.3. The maximum absolute atomic E-state index is 6.40. The highest BCUT2D eigenvalue weighted by Crippen LogP contribution is 2.40. The number of imidazole rings is 1. The van der Waals surface area contributed by atoms with Gasteiger partial charge in [0.15, 0.2) is 0 Å². The normalized spacial score (nSPS) is 28.0. The van der Waals surface area contributed by atoms with Crippen molar-refractivity contribution in [1.82, 2.24) is 9.55 Å². The number of halogens is 2. The summed E-state index contributed by atoms with van der Waals surface area (Å²) in [4.78, 5) is 4.75. The molecule has 0 aliphatic heterocycles. The minimum Gasteiger partial charge on any atom is -0.324 e. The van der Waals surface area contributed by atoms with Crippen LogP contribution in [0.5, 0.6) is 0 Å². The van der Waals surface area contributed by atoms with Gasteiger partial charge < -0.3 is 4.57 Å². The fourth-order valence-corrected chi connectivity index (χ4v) is 4.18. The molecule has 2 nitrogen and oxygen atoms in total. The molecule has 0 radical (unpaired) electrons. The first-order chi connectivity index (χ1) is 9.95. The topological polar surface area (TPSA) is 17.8 Å².